The Morgan fingerprint density at radius 3 is 2.43 bits per heavy atom. The molecule has 1 amide bonds. The Morgan fingerprint density at radius 2 is 1.83 bits per heavy atom. The van der Waals surface area contributed by atoms with E-state index in [0.717, 1.165) is 11.1 Å². The van der Waals surface area contributed by atoms with E-state index < -0.39 is 22.9 Å². The van der Waals surface area contributed by atoms with Gasteiger partial charge in [-0.05, 0) is 24.0 Å². The number of esters is 1. The highest BCUT2D eigenvalue weighted by Crippen LogP contribution is 2.19. The molecule has 0 radical (unpaired) electrons. The number of ether oxygens (including phenoxy) is 2. The topological polar surface area (TPSA) is 81.7 Å². The number of rotatable bonds is 4. The number of amides is 1. The minimum atomic E-state index is -0.864. The smallest absolute Gasteiger partial charge is 0.412 e. The Morgan fingerprint density at radius 1 is 1.17 bits per heavy atom. The predicted octanol–water partition coefficient (Wildman–Crippen LogP) is 1.88. The number of carbonyl (C=O) groups excluding carboxylic acids is 2. The SMILES string of the molecule is COC(=O)C(NC(=O)OCc1ccccc1)=C1CCS(=O)CC1. The van der Waals surface area contributed by atoms with E-state index in [-0.39, 0.29) is 12.3 Å². The van der Waals surface area contributed by atoms with Crippen molar-refractivity contribution >= 4 is 22.9 Å². The van der Waals surface area contributed by atoms with Crippen molar-refractivity contribution in [2.24, 2.45) is 0 Å². The third-order valence-corrected chi connectivity index (χ3v) is 4.76. The number of benzene rings is 1. The van der Waals surface area contributed by atoms with E-state index in [9.17, 15) is 13.8 Å². The maximum absolute atomic E-state index is 11.9. The second-order valence-corrected chi connectivity index (χ2v) is 6.70. The molecule has 0 unspecified atom stereocenters. The Balaban J connectivity index is 2.00. The number of nitrogens with one attached hydrogen (secondary N) is 1. The standard InChI is InChI=1S/C16H19NO5S/c1-21-15(18)14(13-7-9-23(20)10-8-13)17-16(19)22-11-12-5-3-2-4-6-12/h2-6H,7-11H2,1H3,(H,17,19). The minimum absolute atomic E-state index is 0.0993. The monoisotopic (exact) mass is 337 g/mol. The summed E-state index contributed by atoms with van der Waals surface area (Å²) in [6, 6.07) is 9.24. The fourth-order valence-corrected chi connectivity index (χ4v) is 3.35. The first-order valence-electron chi connectivity index (χ1n) is 7.23. The lowest BCUT2D eigenvalue weighted by molar-refractivity contribution is -0.136. The van der Waals surface area contributed by atoms with E-state index >= 15 is 0 Å². The van der Waals surface area contributed by atoms with Crippen LogP contribution in [0.25, 0.3) is 0 Å². The lowest BCUT2D eigenvalue weighted by atomic mass is 10.1. The molecule has 1 aliphatic rings. The van der Waals surface area contributed by atoms with Crippen molar-refractivity contribution in [2.75, 3.05) is 18.6 Å². The Bertz CT molecular complexity index is 615. The van der Waals surface area contributed by atoms with Crippen molar-refractivity contribution in [3.05, 3.63) is 47.2 Å². The van der Waals surface area contributed by atoms with Gasteiger partial charge in [-0.1, -0.05) is 30.3 Å². The van der Waals surface area contributed by atoms with Gasteiger partial charge in [0.25, 0.3) is 0 Å². The zero-order valence-electron chi connectivity index (χ0n) is 12.9. The summed E-state index contributed by atoms with van der Waals surface area (Å²) in [6.45, 7) is 0.112. The van der Waals surface area contributed by atoms with E-state index in [1.807, 2.05) is 30.3 Å². The number of methoxy groups -OCH3 is 1. The molecule has 124 valence electrons. The van der Waals surface area contributed by atoms with Crippen LogP contribution in [0.1, 0.15) is 18.4 Å². The first-order valence-corrected chi connectivity index (χ1v) is 8.72. The number of hydrogen-bond donors (Lipinski definition) is 1. The van der Waals surface area contributed by atoms with Crippen LogP contribution in [0.15, 0.2) is 41.6 Å². The van der Waals surface area contributed by atoms with Gasteiger partial charge in [-0.2, -0.15) is 0 Å². The van der Waals surface area contributed by atoms with Crippen molar-refractivity contribution in [1.82, 2.24) is 5.32 Å². The van der Waals surface area contributed by atoms with Gasteiger partial charge in [0.05, 0.1) is 7.11 Å². The van der Waals surface area contributed by atoms with E-state index in [1.165, 1.54) is 7.11 Å². The van der Waals surface area contributed by atoms with E-state index in [0.29, 0.717) is 24.3 Å². The second kappa shape index (κ2) is 8.47. The summed E-state index contributed by atoms with van der Waals surface area (Å²) in [4.78, 5) is 23.8. The van der Waals surface area contributed by atoms with E-state index in [2.05, 4.69) is 5.32 Å². The van der Waals surface area contributed by atoms with Gasteiger partial charge in [-0.15, -0.1) is 0 Å². The molecule has 7 heteroatoms. The lowest BCUT2D eigenvalue weighted by Crippen LogP contribution is -2.31. The van der Waals surface area contributed by atoms with Crippen LogP contribution in [0.3, 0.4) is 0 Å². The summed E-state index contributed by atoms with van der Waals surface area (Å²) in [5, 5.41) is 2.47. The highest BCUT2D eigenvalue weighted by molar-refractivity contribution is 7.85. The molecule has 1 aromatic carbocycles. The predicted molar refractivity (Wildman–Crippen MR) is 85.9 cm³/mol. The molecule has 1 aromatic rings. The third kappa shape index (κ3) is 5.21. The van der Waals surface area contributed by atoms with Gasteiger partial charge in [0.1, 0.15) is 12.3 Å². The molecular formula is C16H19NO5S. The number of allylic oxidation sites excluding steroid dienone is 1. The fourth-order valence-electron chi connectivity index (χ4n) is 2.20. The molecule has 1 aliphatic heterocycles. The molecule has 6 nitrogen and oxygen atoms in total. The van der Waals surface area contributed by atoms with Crippen LogP contribution in [0.4, 0.5) is 4.79 Å². The van der Waals surface area contributed by atoms with Gasteiger partial charge >= 0.3 is 12.1 Å². The highest BCUT2D eigenvalue weighted by atomic mass is 32.2. The lowest BCUT2D eigenvalue weighted by Gasteiger charge is -2.18. The number of hydrogen-bond acceptors (Lipinski definition) is 5. The van der Waals surface area contributed by atoms with Crippen LogP contribution in [-0.4, -0.2) is 34.9 Å². The molecule has 23 heavy (non-hydrogen) atoms. The van der Waals surface area contributed by atoms with E-state index in [1.54, 1.807) is 0 Å². The number of alkyl carbamates (subject to hydrolysis) is 1. The van der Waals surface area contributed by atoms with Crippen molar-refractivity contribution < 1.29 is 23.3 Å². The molecule has 0 spiro atoms. The molecule has 0 aliphatic carbocycles. The molecule has 0 aromatic heterocycles. The molecule has 2 rings (SSSR count). The molecule has 0 saturated carbocycles. The first kappa shape index (κ1) is 17.2. The summed E-state index contributed by atoms with van der Waals surface area (Å²) >= 11 is 0. The maximum Gasteiger partial charge on any atom is 0.412 e. The van der Waals surface area contributed by atoms with Gasteiger partial charge in [-0.25, -0.2) is 9.59 Å². The fraction of sp³-hybridized carbons (Fsp3) is 0.375. The summed E-state index contributed by atoms with van der Waals surface area (Å²) in [7, 11) is 0.387. The Kier molecular flexibility index (Phi) is 6.34. The molecule has 1 heterocycles. The summed E-state index contributed by atoms with van der Waals surface area (Å²) in [5.41, 5.74) is 1.69. The molecular weight excluding hydrogens is 318 g/mol. The van der Waals surface area contributed by atoms with Gasteiger partial charge in [0.15, 0.2) is 0 Å². The summed E-state index contributed by atoms with van der Waals surface area (Å²) in [6.07, 6.45) is 0.278. The van der Waals surface area contributed by atoms with Crippen LogP contribution in [0.5, 0.6) is 0 Å². The molecule has 1 fully saturated rings. The average molecular weight is 337 g/mol. The maximum atomic E-state index is 11.9. The zero-order valence-corrected chi connectivity index (χ0v) is 13.7. The van der Waals surface area contributed by atoms with Crippen molar-refractivity contribution in [3.63, 3.8) is 0 Å². The van der Waals surface area contributed by atoms with Crippen LogP contribution in [0.2, 0.25) is 0 Å². The minimum Gasteiger partial charge on any atom is -0.464 e. The normalized spacial score (nSPS) is 17.3. The van der Waals surface area contributed by atoms with Crippen LogP contribution in [0, 0.1) is 0 Å². The van der Waals surface area contributed by atoms with Gasteiger partial charge in [-0.3, -0.25) is 9.53 Å². The summed E-state index contributed by atoms with van der Waals surface area (Å²) < 4.78 is 21.2. The Labute approximate surface area is 137 Å². The van der Waals surface area contributed by atoms with Crippen LogP contribution >= 0.6 is 0 Å². The quantitative estimate of drug-likeness (QED) is 0.670. The first-order chi connectivity index (χ1) is 11.1. The van der Waals surface area contributed by atoms with Gasteiger partial charge in [0, 0.05) is 22.3 Å². The number of carbonyl (C=O) groups is 2. The molecule has 0 atom stereocenters. The van der Waals surface area contributed by atoms with Crippen molar-refractivity contribution in [2.45, 2.75) is 19.4 Å². The molecule has 1 N–H and O–H groups in total. The molecule has 1 saturated heterocycles. The zero-order chi connectivity index (χ0) is 16.7. The van der Waals surface area contributed by atoms with E-state index in [4.69, 9.17) is 9.47 Å². The van der Waals surface area contributed by atoms with Gasteiger partial charge < -0.3 is 9.47 Å². The van der Waals surface area contributed by atoms with Crippen molar-refractivity contribution in [3.8, 4) is 0 Å². The van der Waals surface area contributed by atoms with Crippen LogP contribution in [-0.2, 0) is 31.7 Å². The third-order valence-electron chi connectivity index (χ3n) is 3.45. The van der Waals surface area contributed by atoms with Gasteiger partial charge in [0.2, 0.25) is 0 Å². The second-order valence-electron chi connectivity index (χ2n) is 5.00. The Hall–Kier alpha value is -2.15. The highest BCUT2D eigenvalue weighted by Gasteiger charge is 2.22. The molecule has 0 bridgehead atoms. The average Bonchev–Trinajstić information content (AvgIpc) is 2.59. The summed E-state index contributed by atoms with van der Waals surface area (Å²) in [5.74, 6) is 0.344. The van der Waals surface area contributed by atoms with Crippen LogP contribution < -0.4 is 5.32 Å². The van der Waals surface area contributed by atoms with Crippen molar-refractivity contribution in [1.29, 1.82) is 0 Å². The largest absolute Gasteiger partial charge is 0.464 e.